The van der Waals surface area contributed by atoms with Gasteiger partial charge >= 0.3 is 0 Å². The van der Waals surface area contributed by atoms with Gasteiger partial charge in [-0.3, -0.25) is 0 Å². The Kier molecular flexibility index (Phi) is 3.53. The fourth-order valence-corrected chi connectivity index (χ4v) is 1.52. The number of aromatic nitrogens is 2. The second-order valence-electron chi connectivity index (χ2n) is 4.54. The molecule has 1 aromatic heterocycles. The van der Waals surface area contributed by atoms with E-state index in [1.54, 1.807) is 13.0 Å². The van der Waals surface area contributed by atoms with E-state index >= 15 is 0 Å². The lowest BCUT2D eigenvalue weighted by Crippen LogP contribution is -2.33. The number of rotatable bonds is 4. The van der Waals surface area contributed by atoms with E-state index < -0.39 is 11.4 Å². The van der Waals surface area contributed by atoms with Gasteiger partial charge in [-0.1, -0.05) is 12.1 Å². The molecular formula is C13H16FN3O2. The molecule has 102 valence electrons. The summed E-state index contributed by atoms with van der Waals surface area (Å²) in [6, 6.07) is 4.43. The van der Waals surface area contributed by atoms with Gasteiger partial charge in [0.15, 0.2) is 5.82 Å². The minimum Gasteiger partial charge on any atom is -0.497 e. The number of hydrogen-bond donors (Lipinski definition) is 1. The zero-order valence-electron chi connectivity index (χ0n) is 11.1. The van der Waals surface area contributed by atoms with Crippen molar-refractivity contribution in [1.82, 2.24) is 10.1 Å². The molecule has 19 heavy (non-hydrogen) atoms. The van der Waals surface area contributed by atoms with Crippen LogP contribution in [0.2, 0.25) is 0 Å². The summed E-state index contributed by atoms with van der Waals surface area (Å²) in [6.45, 7) is 3.72. The fraction of sp³-hybridized carbons (Fsp3) is 0.385. The van der Waals surface area contributed by atoms with E-state index in [-0.39, 0.29) is 11.5 Å². The molecule has 0 saturated heterocycles. The third-order valence-corrected chi connectivity index (χ3v) is 3.08. The lowest BCUT2D eigenvalue weighted by Gasteiger charge is -2.16. The van der Waals surface area contributed by atoms with E-state index in [4.69, 9.17) is 15.0 Å². The molecule has 0 fully saturated rings. The highest BCUT2D eigenvalue weighted by atomic mass is 19.1. The third kappa shape index (κ3) is 2.58. The Hall–Kier alpha value is -1.95. The average Bonchev–Trinajstić information content (AvgIpc) is 2.88. The molecule has 2 N–H and O–H groups in total. The van der Waals surface area contributed by atoms with Crippen LogP contribution < -0.4 is 10.5 Å². The monoisotopic (exact) mass is 265 g/mol. The summed E-state index contributed by atoms with van der Waals surface area (Å²) < 4.78 is 23.9. The first-order valence-corrected chi connectivity index (χ1v) is 5.95. The topological polar surface area (TPSA) is 74.2 Å². The first-order valence-electron chi connectivity index (χ1n) is 5.95. The SMILES string of the molecule is CCC(C)(N)c1noc(-c2ccc(OC)cc2F)n1. The summed E-state index contributed by atoms with van der Waals surface area (Å²) in [5.74, 6) is 0.420. The van der Waals surface area contributed by atoms with Crippen LogP contribution in [0.3, 0.4) is 0 Å². The van der Waals surface area contributed by atoms with Gasteiger partial charge in [-0.25, -0.2) is 4.39 Å². The van der Waals surface area contributed by atoms with Crippen LogP contribution >= 0.6 is 0 Å². The van der Waals surface area contributed by atoms with Gasteiger partial charge < -0.3 is 15.0 Å². The molecule has 6 heteroatoms. The molecule has 2 aromatic rings. The lowest BCUT2D eigenvalue weighted by atomic mass is 10.00. The molecule has 0 aliphatic rings. The summed E-state index contributed by atoms with van der Waals surface area (Å²) in [5, 5.41) is 3.81. The Balaban J connectivity index is 2.38. The maximum atomic E-state index is 13.9. The molecule has 0 aliphatic carbocycles. The van der Waals surface area contributed by atoms with Crippen LogP contribution in [0.15, 0.2) is 22.7 Å². The minimum atomic E-state index is -0.690. The summed E-state index contributed by atoms with van der Waals surface area (Å²) in [4.78, 5) is 4.16. The van der Waals surface area contributed by atoms with Crippen LogP contribution in [0.5, 0.6) is 5.75 Å². The first kappa shape index (κ1) is 13.5. The van der Waals surface area contributed by atoms with Gasteiger partial charge in [0.05, 0.1) is 18.2 Å². The van der Waals surface area contributed by atoms with Crippen LogP contribution in [-0.4, -0.2) is 17.3 Å². The van der Waals surface area contributed by atoms with Gasteiger partial charge in [-0.05, 0) is 25.5 Å². The van der Waals surface area contributed by atoms with Crippen molar-refractivity contribution < 1.29 is 13.7 Å². The van der Waals surface area contributed by atoms with Crippen molar-refractivity contribution in [2.75, 3.05) is 7.11 Å². The van der Waals surface area contributed by atoms with Crippen molar-refractivity contribution in [1.29, 1.82) is 0 Å². The number of ether oxygens (including phenoxy) is 1. The number of hydrogen-bond acceptors (Lipinski definition) is 5. The Bertz CT molecular complexity index is 581. The number of benzene rings is 1. The zero-order chi connectivity index (χ0) is 14.0. The van der Waals surface area contributed by atoms with Crippen LogP contribution in [0.25, 0.3) is 11.5 Å². The Morgan fingerprint density at radius 1 is 1.47 bits per heavy atom. The predicted molar refractivity (Wildman–Crippen MR) is 68.1 cm³/mol. The molecule has 0 bridgehead atoms. The Labute approximate surface area is 110 Å². The van der Waals surface area contributed by atoms with Crippen molar-refractivity contribution in [3.05, 3.63) is 29.8 Å². The average molecular weight is 265 g/mol. The maximum Gasteiger partial charge on any atom is 0.260 e. The van der Waals surface area contributed by atoms with Crippen molar-refractivity contribution in [3.8, 4) is 17.2 Å². The largest absolute Gasteiger partial charge is 0.497 e. The van der Waals surface area contributed by atoms with Gasteiger partial charge in [-0.15, -0.1) is 0 Å². The van der Waals surface area contributed by atoms with E-state index in [0.29, 0.717) is 18.0 Å². The molecular weight excluding hydrogens is 249 g/mol. The first-order chi connectivity index (χ1) is 8.97. The Morgan fingerprint density at radius 3 is 2.79 bits per heavy atom. The second kappa shape index (κ2) is 4.97. The molecule has 1 unspecified atom stereocenters. The van der Waals surface area contributed by atoms with E-state index in [9.17, 15) is 4.39 Å². The quantitative estimate of drug-likeness (QED) is 0.919. The van der Waals surface area contributed by atoms with E-state index in [2.05, 4.69) is 10.1 Å². The third-order valence-electron chi connectivity index (χ3n) is 3.08. The Morgan fingerprint density at radius 2 is 2.21 bits per heavy atom. The molecule has 1 aromatic carbocycles. The minimum absolute atomic E-state index is 0.111. The maximum absolute atomic E-state index is 13.9. The fourth-order valence-electron chi connectivity index (χ4n) is 1.52. The van der Waals surface area contributed by atoms with Gasteiger partial charge in [0.1, 0.15) is 11.6 Å². The van der Waals surface area contributed by atoms with Gasteiger partial charge in [0.2, 0.25) is 0 Å². The standard InChI is InChI=1S/C13H16FN3O2/c1-4-13(2,15)12-16-11(19-17-12)9-6-5-8(18-3)7-10(9)14/h5-7H,4,15H2,1-3H3. The van der Waals surface area contributed by atoms with Crippen molar-refractivity contribution >= 4 is 0 Å². The van der Waals surface area contributed by atoms with Gasteiger partial charge in [0, 0.05) is 6.07 Å². The van der Waals surface area contributed by atoms with E-state index in [1.807, 2.05) is 6.92 Å². The summed E-state index contributed by atoms with van der Waals surface area (Å²) in [7, 11) is 1.47. The molecule has 0 spiro atoms. The molecule has 0 aliphatic heterocycles. The highest BCUT2D eigenvalue weighted by Gasteiger charge is 2.26. The predicted octanol–water partition coefficient (Wildman–Crippen LogP) is 2.47. The number of nitrogens with two attached hydrogens (primary N) is 1. The highest BCUT2D eigenvalue weighted by Crippen LogP contribution is 2.27. The van der Waals surface area contributed by atoms with Crippen molar-refractivity contribution in [3.63, 3.8) is 0 Å². The van der Waals surface area contributed by atoms with Crippen molar-refractivity contribution in [2.45, 2.75) is 25.8 Å². The highest BCUT2D eigenvalue weighted by molar-refractivity contribution is 5.55. The van der Waals surface area contributed by atoms with Crippen LogP contribution in [-0.2, 0) is 5.54 Å². The van der Waals surface area contributed by atoms with Crippen LogP contribution in [0.1, 0.15) is 26.1 Å². The van der Waals surface area contributed by atoms with Gasteiger partial charge in [0.25, 0.3) is 5.89 Å². The van der Waals surface area contributed by atoms with Crippen LogP contribution in [0.4, 0.5) is 4.39 Å². The molecule has 0 radical (unpaired) electrons. The van der Waals surface area contributed by atoms with Gasteiger partial charge in [-0.2, -0.15) is 4.98 Å². The lowest BCUT2D eigenvalue weighted by molar-refractivity contribution is 0.378. The number of methoxy groups -OCH3 is 1. The summed E-state index contributed by atoms with van der Waals surface area (Å²) in [6.07, 6.45) is 0.650. The molecule has 5 nitrogen and oxygen atoms in total. The molecule has 1 atom stereocenters. The number of nitrogens with zero attached hydrogens (tertiary/aromatic N) is 2. The second-order valence-corrected chi connectivity index (χ2v) is 4.54. The van der Waals surface area contributed by atoms with Crippen molar-refractivity contribution in [2.24, 2.45) is 5.73 Å². The normalized spacial score (nSPS) is 14.2. The molecule has 0 saturated carbocycles. The molecule has 0 amide bonds. The summed E-state index contributed by atoms with van der Waals surface area (Å²) in [5.41, 5.74) is 5.55. The smallest absolute Gasteiger partial charge is 0.260 e. The van der Waals surface area contributed by atoms with E-state index in [0.717, 1.165) is 0 Å². The zero-order valence-corrected chi connectivity index (χ0v) is 11.1. The van der Waals surface area contributed by atoms with Crippen LogP contribution in [0, 0.1) is 5.82 Å². The van der Waals surface area contributed by atoms with E-state index in [1.165, 1.54) is 19.2 Å². The summed E-state index contributed by atoms with van der Waals surface area (Å²) >= 11 is 0. The molecule has 1 heterocycles. The molecule has 2 rings (SSSR count). The number of halogens is 1.